The fourth-order valence-electron chi connectivity index (χ4n) is 3.83. The van der Waals surface area contributed by atoms with Crippen molar-refractivity contribution in [2.75, 3.05) is 12.5 Å². The highest BCUT2D eigenvalue weighted by atomic mass is 35.5. The number of benzene rings is 1. The minimum Gasteiger partial charge on any atom is -0.321 e. The molecule has 1 saturated heterocycles. The monoisotopic (exact) mass is 397 g/mol. The van der Waals surface area contributed by atoms with Crippen LogP contribution in [0.2, 0.25) is 0 Å². The molecule has 0 aromatic heterocycles. The molecule has 6 nitrogen and oxygen atoms in total. The molecule has 146 valence electrons. The number of rotatable bonds is 5. The van der Waals surface area contributed by atoms with Crippen LogP contribution in [0.25, 0.3) is 0 Å². The van der Waals surface area contributed by atoms with Gasteiger partial charge < -0.3 is 9.80 Å². The van der Waals surface area contributed by atoms with Gasteiger partial charge in [-0.25, -0.2) is 8.78 Å². The molecule has 1 fully saturated rings. The van der Waals surface area contributed by atoms with Crippen LogP contribution in [-0.4, -0.2) is 46.6 Å². The number of hydrogen-bond donors (Lipinski definition) is 3. The van der Waals surface area contributed by atoms with Gasteiger partial charge in [-0.15, -0.1) is 11.6 Å². The van der Waals surface area contributed by atoms with Gasteiger partial charge in [0.2, 0.25) is 5.91 Å². The van der Waals surface area contributed by atoms with Crippen molar-refractivity contribution in [3.05, 3.63) is 33.9 Å². The molecule has 1 aromatic carbocycles. The van der Waals surface area contributed by atoms with E-state index in [9.17, 15) is 13.6 Å². The van der Waals surface area contributed by atoms with Crippen LogP contribution >= 0.6 is 11.6 Å². The average Bonchev–Trinajstić information content (AvgIpc) is 3.16. The van der Waals surface area contributed by atoms with E-state index in [1.807, 2.05) is 0 Å². The summed E-state index contributed by atoms with van der Waals surface area (Å²) in [5.41, 5.74) is 2.12. The van der Waals surface area contributed by atoms with Gasteiger partial charge in [-0.1, -0.05) is 0 Å². The van der Waals surface area contributed by atoms with Crippen LogP contribution in [0.15, 0.2) is 0 Å². The van der Waals surface area contributed by atoms with Crippen LogP contribution in [0.1, 0.15) is 35.1 Å². The molecule has 2 aliphatic rings. The summed E-state index contributed by atoms with van der Waals surface area (Å²) < 4.78 is 29.3. The minimum absolute atomic E-state index is 0.122. The molecule has 1 aliphatic carbocycles. The first kappa shape index (κ1) is 19.7. The lowest BCUT2D eigenvalue weighted by atomic mass is 9.96. The van der Waals surface area contributed by atoms with Crippen LogP contribution in [0, 0.1) is 29.4 Å². The van der Waals surface area contributed by atoms with E-state index < -0.39 is 23.7 Å². The number of fused-ring (bicyclic) bond motifs is 1. The average molecular weight is 398 g/mol. The Morgan fingerprint density at radius 2 is 2.07 bits per heavy atom. The Labute approximate surface area is 161 Å². The lowest BCUT2D eigenvalue weighted by molar-refractivity contribution is -0.132. The zero-order chi connectivity index (χ0) is 19.7. The number of nitrogens with one attached hydrogen (secondary N) is 3. The second-order valence-corrected chi connectivity index (χ2v) is 7.09. The minimum atomic E-state index is -0.910. The fourth-order valence-corrected chi connectivity index (χ4v) is 3.99. The zero-order valence-corrected chi connectivity index (χ0v) is 15.8. The number of halogens is 3. The Kier molecular flexibility index (Phi) is 5.76. The molecule has 1 amide bonds. The molecule has 0 bridgehead atoms. The molecule has 1 heterocycles. The molecule has 0 spiro atoms. The molecule has 0 radical (unpaired) electrons. The van der Waals surface area contributed by atoms with Crippen molar-refractivity contribution in [2.24, 2.45) is 0 Å². The van der Waals surface area contributed by atoms with Gasteiger partial charge in [0.25, 0.3) is 0 Å². The molecule has 0 saturated carbocycles. The quantitative estimate of drug-likeness (QED) is 0.405. The summed E-state index contributed by atoms with van der Waals surface area (Å²) in [5.74, 6) is -2.29. The molecule has 1 unspecified atom stereocenters. The number of nitrogens with zero attached hydrogens (tertiary/aromatic N) is 2. The van der Waals surface area contributed by atoms with E-state index in [1.165, 1.54) is 9.80 Å². The fraction of sp³-hybridized carbons (Fsp3) is 0.500. The highest BCUT2D eigenvalue weighted by molar-refractivity contribution is 6.27. The van der Waals surface area contributed by atoms with Crippen molar-refractivity contribution in [1.82, 2.24) is 15.1 Å². The highest BCUT2D eigenvalue weighted by Crippen LogP contribution is 2.33. The Hall–Kier alpha value is -2.06. The van der Waals surface area contributed by atoms with Gasteiger partial charge in [0, 0.05) is 12.0 Å². The van der Waals surface area contributed by atoms with Gasteiger partial charge in [0.05, 0.1) is 25.7 Å². The van der Waals surface area contributed by atoms with Gasteiger partial charge in [0.15, 0.2) is 11.6 Å². The molecule has 3 N–H and O–H groups in total. The summed E-state index contributed by atoms with van der Waals surface area (Å²) in [7, 11) is 0. The van der Waals surface area contributed by atoms with Crippen molar-refractivity contribution in [2.45, 2.75) is 45.3 Å². The van der Waals surface area contributed by atoms with Crippen molar-refractivity contribution >= 4 is 29.7 Å². The van der Waals surface area contributed by atoms with E-state index in [2.05, 4.69) is 5.32 Å². The molecule has 1 atom stereocenters. The van der Waals surface area contributed by atoms with Crippen LogP contribution in [0.4, 0.5) is 8.78 Å². The normalized spacial score (nSPS) is 19.2. The van der Waals surface area contributed by atoms with Crippen LogP contribution < -0.4 is 5.32 Å². The number of carbonyl (C=O) groups excluding carboxylic acids is 1. The summed E-state index contributed by atoms with van der Waals surface area (Å²) in [5, 5.41) is 18.3. The third-order valence-corrected chi connectivity index (χ3v) is 5.60. The highest BCUT2D eigenvalue weighted by Gasteiger charge is 2.32. The lowest BCUT2D eigenvalue weighted by Gasteiger charge is -2.39. The molecule has 3 rings (SSSR count). The number of amidine groups is 1. The summed E-state index contributed by atoms with van der Waals surface area (Å²) in [6.07, 6.45) is 2.63. The lowest BCUT2D eigenvalue weighted by Crippen LogP contribution is -2.58. The Morgan fingerprint density at radius 3 is 2.70 bits per heavy atom. The van der Waals surface area contributed by atoms with Gasteiger partial charge in [-0.2, -0.15) is 0 Å². The van der Waals surface area contributed by atoms with E-state index in [-0.39, 0.29) is 36.9 Å². The van der Waals surface area contributed by atoms with Gasteiger partial charge in [-0.3, -0.25) is 20.9 Å². The summed E-state index contributed by atoms with van der Waals surface area (Å²) in [4.78, 5) is 15.2. The first-order valence-corrected chi connectivity index (χ1v) is 9.34. The SMILES string of the molecule is Cc1c(CN(C(=O)CCl)C2CC(=N)N(C=N)CN2)c(F)c(F)c2c1CCC2. The smallest absolute Gasteiger partial charge is 0.239 e. The third-order valence-electron chi connectivity index (χ3n) is 5.37. The van der Waals surface area contributed by atoms with Gasteiger partial charge in [-0.05, 0) is 42.9 Å². The number of carbonyl (C=O) groups is 1. The van der Waals surface area contributed by atoms with Crippen LogP contribution in [0.3, 0.4) is 0 Å². The molecule has 27 heavy (non-hydrogen) atoms. The van der Waals surface area contributed by atoms with Crippen molar-refractivity contribution in [1.29, 1.82) is 10.8 Å². The molecule has 1 aliphatic heterocycles. The number of hydrogen-bond acceptors (Lipinski definition) is 4. The van der Waals surface area contributed by atoms with Crippen LogP contribution in [-0.2, 0) is 24.2 Å². The second-order valence-electron chi connectivity index (χ2n) is 6.83. The van der Waals surface area contributed by atoms with Gasteiger partial charge >= 0.3 is 0 Å². The van der Waals surface area contributed by atoms with E-state index in [1.54, 1.807) is 6.92 Å². The van der Waals surface area contributed by atoms with E-state index >= 15 is 0 Å². The zero-order valence-electron chi connectivity index (χ0n) is 15.0. The van der Waals surface area contributed by atoms with Crippen molar-refractivity contribution < 1.29 is 13.6 Å². The van der Waals surface area contributed by atoms with Crippen molar-refractivity contribution in [3.8, 4) is 0 Å². The van der Waals surface area contributed by atoms with Gasteiger partial charge in [0.1, 0.15) is 11.7 Å². The summed E-state index contributed by atoms with van der Waals surface area (Å²) in [6, 6.07) is 0. The van der Waals surface area contributed by atoms with E-state index in [4.69, 9.17) is 22.4 Å². The number of alkyl halides is 1. The third kappa shape index (κ3) is 3.55. The number of amides is 1. The Balaban J connectivity index is 1.93. The molecular weight excluding hydrogens is 376 g/mol. The molecule has 9 heteroatoms. The maximum atomic E-state index is 14.8. The molecular formula is C18H22ClF2N5O. The standard InChI is InChI=1S/C18H22ClF2N5O/c1-10-11-3-2-4-12(11)17(20)18(21)13(10)7-26(16(27)6-19)15-5-14(23)25(8-22)9-24-15/h8,15,22-24H,2-7,9H2,1H3. The second kappa shape index (κ2) is 7.90. The largest absolute Gasteiger partial charge is 0.321 e. The van der Waals surface area contributed by atoms with Crippen molar-refractivity contribution in [3.63, 3.8) is 0 Å². The topological polar surface area (TPSA) is 83.3 Å². The first-order chi connectivity index (χ1) is 12.9. The first-order valence-electron chi connectivity index (χ1n) is 8.80. The summed E-state index contributed by atoms with van der Waals surface area (Å²) in [6.45, 7) is 1.82. The van der Waals surface area contributed by atoms with E-state index in [0.29, 0.717) is 24.0 Å². The Bertz CT molecular complexity index is 801. The predicted molar refractivity (Wildman–Crippen MR) is 99.1 cm³/mol. The molecule has 1 aromatic rings. The summed E-state index contributed by atoms with van der Waals surface area (Å²) >= 11 is 5.74. The van der Waals surface area contributed by atoms with E-state index in [0.717, 1.165) is 18.3 Å². The predicted octanol–water partition coefficient (Wildman–Crippen LogP) is 2.49. The van der Waals surface area contributed by atoms with Crippen LogP contribution in [0.5, 0.6) is 0 Å². The maximum absolute atomic E-state index is 14.8. The maximum Gasteiger partial charge on any atom is 0.239 e. The Morgan fingerprint density at radius 1 is 1.37 bits per heavy atom.